The molecule has 1 heterocycles. The molecule has 0 aromatic heterocycles. The third-order valence-electron chi connectivity index (χ3n) is 4.82. The van der Waals surface area contributed by atoms with E-state index in [1.165, 1.54) is 0 Å². The number of halogens is 4. The minimum absolute atomic E-state index is 0.0412. The zero-order chi connectivity index (χ0) is 21.3. The molecule has 1 aliphatic rings. The van der Waals surface area contributed by atoms with Gasteiger partial charge in [-0.1, -0.05) is 43.6 Å². The number of anilines is 1. The van der Waals surface area contributed by atoms with Crippen LogP contribution >= 0.6 is 11.6 Å². The molecule has 0 bridgehead atoms. The van der Waals surface area contributed by atoms with Gasteiger partial charge in [0.05, 0.1) is 0 Å². The van der Waals surface area contributed by atoms with Gasteiger partial charge in [0.25, 0.3) is 0 Å². The maximum absolute atomic E-state index is 12.9. The number of rotatable bonds is 3. The average Bonchev–Trinajstić information content (AvgIpc) is 2.66. The van der Waals surface area contributed by atoms with E-state index in [0.29, 0.717) is 16.3 Å². The number of nitrogens with zero attached hydrogens (tertiary/aromatic N) is 1. The molecule has 8 heteroatoms. The standard InChI is InChI=1S/C21H20ClF3N2O2/c1-12(2)19(28)26-14-9-13-11-27(20(29)21(23,24)25)8-7-15(13)17(10-14)16-5-3-4-6-18(16)22/h3-6,9-10,12H,7-8,11H2,1-2H3,(H,26,28). The first-order valence-electron chi connectivity index (χ1n) is 9.15. The largest absolute Gasteiger partial charge is 0.471 e. The van der Waals surface area contributed by atoms with Crippen LogP contribution < -0.4 is 5.32 Å². The van der Waals surface area contributed by atoms with Crippen molar-refractivity contribution in [2.24, 2.45) is 5.92 Å². The SMILES string of the molecule is CC(C)C(=O)Nc1cc2c(c(-c3ccccc3Cl)c1)CCN(C(=O)C(F)(F)F)C2. The molecule has 4 nitrogen and oxygen atoms in total. The number of amides is 2. The number of carbonyl (C=O) groups is 2. The molecule has 1 aliphatic heterocycles. The molecule has 3 rings (SSSR count). The summed E-state index contributed by atoms with van der Waals surface area (Å²) < 4.78 is 38.6. The van der Waals surface area contributed by atoms with E-state index in [0.717, 1.165) is 21.6 Å². The van der Waals surface area contributed by atoms with Crippen LogP contribution in [0.2, 0.25) is 5.02 Å². The summed E-state index contributed by atoms with van der Waals surface area (Å²) in [5, 5.41) is 3.28. The monoisotopic (exact) mass is 424 g/mol. The molecule has 1 N–H and O–H groups in total. The normalized spacial score (nSPS) is 14.0. The number of hydrogen-bond acceptors (Lipinski definition) is 2. The molecular weight excluding hydrogens is 405 g/mol. The first kappa shape index (κ1) is 21.2. The summed E-state index contributed by atoms with van der Waals surface area (Å²) in [5.74, 6) is -2.34. The van der Waals surface area contributed by atoms with E-state index in [4.69, 9.17) is 11.6 Å². The van der Waals surface area contributed by atoms with Crippen molar-refractivity contribution in [3.8, 4) is 11.1 Å². The fourth-order valence-corrected chi connectivity index (χ4v) is 3.57. The molecule has 0 spiro atoms. The van der Waals surface area contributed by atoms with E-state index in [1.54, 1.807) is 38.1 Å². The van der Waals surface area contributed by atoms with Gasteiger partial charge in [0, 0.05) is 35.3 Å². The molecule has 0 fully saturated rings. The van der Waals surface area contributed by atoms with E-state index in [9.17, 15) is 22.8 Å². The van der Waals surface area contributed by atoms with Crippen molar-refractivity contribution in [2.45, 2.75) is 33.0 Å². The summed E-state index contributed by atoms with van der Waals surface area (Å²) in [5.41, 5.74) is 3.31. The second-order valence-corrected chi connectivity index (χ2v) is 7.67. The molecule has 0 aliphatic carbocycles. The Kier molecular flexibility index (Phi) is 5.89. The van der Waals surface area contributed by atoms with Gasteiger partial charge in [-0.05, 0) is 41.3 Å². The van der Waals surface area contributed by atoms with E-state index in [1.807, 2.05) is 12.1 Å². The first-order chi connectivity index (χ1) is 13.6. The number of fused-ring (bicyclic) bond motifs is 1. The van der Waals surface area contributed by atoms with Crippen LogP contribution in [-0.4, -0.2) is 29.4 Å². The van der Waals surface area contributed by atoms with Crippen molar-refractivity contribution < 1.29 is 22.8 Å². The summed E-state index contributed by atoms with van der Waals surface area (Å²) >= 11 is 6.35. The summed E-state index contributed by atoms with van der Waals surface area (Å²) in [6.45, 7) is 3.26. The Morgan fingerprint density at radius 2 is 1.83 bits per heavy atom. The molecule has 0 saturated heterocycles. The lowest BCUT2D eigenvalue weighted by Gasteiger charge is -2.31. The van der Waals surface area contributed by atoms with E-state index >= 15 is 0 Å². The number of benzene rings is 2. The number of hydrogen-bond donors (Lipinski definition) is 1. The van der Waals surface area contributed by atoms with Crippen molar-refractivity contribution in [1.29, 1.82) is 0 Å². The predicted octanol–water partition coefficient (Wildman–Crippen LogP) is 5.05. The Morgan fingerprint density at radius 1 is 1.14 bits per heavy atom. The van der Waals surface area contributed by atoms with Gasteiger partial charge in [0.2, 0.25) is 5.91 Å². The lowest BCUT2D eigenvalue weighted by atomic mass is 9.89. The van der Waals surface area contributed by atoms with Gasteiger partial charge < -0.3 is 10.2 Å². The quantitative estimate of drug-likeness (QED) is 0.749. The summed E-state index contributed by atoms with van der Waals surface area (Å²) in [6.07, 6.45) is -4.66. The molecule has 29 heavy (non-hydrogen) atoms. The van der Waals surface area contributed by atoms with Crippen LogP contribution in [0.1, 0.15) is 25.0 Å². The zero-order valence-electron chi connectivity index (χ0n) is 15.9. The Hall–Kier alpha value is -2.54. The number of nitrogens with one attached hydrogen (secondary N) is 1. The molecule has 2 amide bonds. The van der Waals surface area contributed by atoms with Gasteiger partial charge in [-0.2, -0.15) is 13.2 Å². The molecule has 2 aromatic carbocycles. The van der Waals surface area contributed by atoms with Crippen LogP contribution in [0.15, 0.2) is 36.4 Å². The number of alkyl halides is 3. The van der Waals surface area contributed by atoms with Crippen LogP contribution in [0.4, 0.5) is 18.9 Å². The van der Waals surface area contributed by atoms with Gasteiger partial charge in [0.15, 0.2) is 0 Å². The third-order valence-corrected chi connectivity index (χ3v) is 5.15. The minimum atomic E-state index is -4.92. The third kappa shape index (κ3) is 4.56. The topological polar surface area (TPSA) is 49.4 Å². The van der Waals surface area contributed by atoms with Crippen molar-refractivity contribution in [3.63, 3.8) is 0 Å². The van der Waals surface area contributed by atoms with Gasteiger partial charge in [0.1, 0.15) is 0 Å². The Labute approximate surface area is 171 Å². The molecule has 0 radical (unpaired) electrons. The van der Waals surface area contributed by atoms with E-state index < -0.39 is 12.1 Å². The van der Waals surface area contributed by atoms with Crippen molar-refractivity contribution in [1.82, 2.24) is 4.90 Å². The highest BCUT2D eigenvalue weighted by Gasteiger charge is 2.43. The second kappa shape index (κ2) is 8.06. The van der Waals surface area contributed by atoms with Crippen molar-refractivity contribution in [2.75, 3.05) is 11.9 Å². The molecule has 0 saturated carbocycles. The smallest absolute Gasteiger partial charge is 0.330 e. The van der Waals surface area contributed by atoms with E-state index in [2.05, 4.69) is 5.32 Å². The molecule has 0 unspecified atom stereocenters. The average molecular weight is 425 g/mol. The summed E-state index contributed by atoms with van der Waals surface area (Å²) in [6, 6.07) is 10.6. The second-order valence-electron chi connectivity index (χ2n) is 7.26. The van der Waals surface area contributed by atoms with Crippen LogP contribution in [0.5, 0.6) is 0 Å². The van der Waals surface area contributed by atoms with E-state index in [-0.39, 0.29) is 31.3 Å². The molecule has 0 atom stereocenters. The first-order valence-corrected chi connectivity index (χ1v) is 9.53. The minimum Gasteiger partial charge on any atom is -0.330 e. The highest BCUT2D eigenvalue weighted by atomic mass is 35.5. The van der Waals surface area contributed by atoms with Crippen molar-refractivity contribution >= 4 is 29.1 Å². The van der Waals surface area contributed by atoms with Gasteiger partial charge in [-0.3, -0.25) is 9.59 Å². The van der Waals surface area contributed by atoms with Crippen molar-refractivity contribution in [3.05, 3.63) is 52.5 Å². The Balaban J connectivity index is 2.07. The fraction of sp³-hybridized carbons (Fsp3) is 0.333. The highest BCUT2D eigenvalue weighted by molar-refractivity contribution is 6.33. The molecule has 154 valence electrons. The molecular formula is C21H20ClF3N2O2. The van der Waals surface area contributed by atoms with Crippen LogP contribution in [0.3, 0.4) is 0 Å². The number of carbonyl (C=O) groups excluding carboxylic acids is 2. The van der Waals surface area contributed by atoms with Crippen LogP contribution in [0.25, 0.3) is 11.1 Å². The van der Waals surface area contributed by atoms with Gasteiger partial charge >= 0.3 is 12.1 Å². The fourth-order valence-electron chi connectivity index (χ4n) is 3.33. The molecule has 2 aromatic rings. The highest BCUT2D eigenvalue weighted by Crippen LogP contribution is 2.37. The maximum atomic E-state index is 12.9. The predicted molar refractivity (Wildman–Crippen MR) is 106 cm³/mol. The lowest BCUT2D eigenvalue weighted by Crippen LogP contribution is -2.43. The zero-order valence-corrected chi connectivity index (χ0v) is 16.7. The summed E-state index contributed by atoms with van der Waals surface area (Å²) in [4.78, 5) is 24.6. The Morgan fingerprint density at radius 3 is 2.45 bits per heavy atom. The van der Waals surface area contributed by atoms with Crippen LogP contribution in [0, 0.1) is 5.92 Å². The van der Waals surface area contributed by atoms with Gasteiger partial charge in [-0.15, -0.1) is 0 Å². The lowest BCUT2D eigenvalue weighted by molar-refractivity contribution is -0.186. The Bertz CT molecular complexity index is 957. The van der Waals surface area contributed by atoms with Gasteiger partial charge in [-0.25, -0.2) is 0 Å². The summed E-state index contributed by atoms with van der Waals surface area (Å²) in [7, 11) is 0. The maximum Gasteiger partial charge on any atom is 0.471 e. The van der Waals surface area contributed by atoms with Crippen LogP contribution in [-0.2, 0) is 22.6 Å².